The minimum absolute atomic E-state index is 0.0209. The molecule has 0 saturated heterocycles. The molecule has 0 aliphatic heterocycles. The molecule has 26 heavy (non-hydrogen) atoms. The molecule has 0 bridgehead atoms. The molecule has 1 N–H and O–H groups in total. The van der Waals surface area contributed by atoms with Crippen molar-refractivity contribution in [3.63, 3.8) is 0 Å². The number of thiazole rings is 1. The van der Waals surface area contributed by atoms with Crippen LogP contribution >= 0.6 is 11.3 Å². The van der Waals surface area contributed by atoms with Crippen LogP contribution in [0.15, 0.2) is 11.6 Å². The number of carbonyl (C=O) groups excluding carboxylic acids is 2. The van der Waals surface area contributed by atoms with Crippen molar-refractivity contribution in [2.24, 2.45) is 11.3 Å². The van der Waals surface area contributed by atoms with Crippen LogP contribution in [0.1, 0.15) is 53.9 Å². The Balaban J connectivity index is 2.60. The standard InChI is InChI=1S/C19H33N3O3S/c1-6-25-10-7-9-22(14-16(23)21-18-20-8-11-26-18)17(24)12-15(2)13-19(3,4)5/h8,11,15H,6-7,9-10,12-14H2,1-5H3,(H,20,21,23)/t15-/m1/s1. The minimum atomic E-state index is -0.215. The predicted octanol–water partition coefficient (Wildman–Crippen LogP) is 3.80. The van der Waals surface area contributed by atoms with Crippen LogP contribution < -0.4 is 5.32 Å². The molecule has 7 heteroatoms. The molecule has 0 aliphatic carbocycles. The van der Waals surface area contributed by atoms with Gasteiger partial charge in [-0.2, -0.15) is 0 Å². The van der Waals surface area contributed by atoms with E-state index in [1.165, 1.54) is 11.3 Å². The summed E-state index contributed by atoms with van der Waals surface area (Å²) in [6.45, 7) is 12.4. The Morgan fingerprint density at radius 2 is 2.12 bits per heavy atom. The molecule has 0 spiro atoms. The van der Waals surface area contributed by atoms with Crippen molar-refractivity contribution in [1.82, 2.24) is 9.88 Å². The van der Waals surface area contributed by atoms with Crippen molar-refractivity contribution < 1.29 is 14.3 Å². The van der Waals surface area contributed by atoms with Gasteiger partial charge in [-0.05, 0) is 31.1 Å². The first-order chi connectivity index (χ1) is 12.2. The highest BCUT2D eigenvalue weighted by atomic mass is 32.1. The number of hydrogen-bond donors (Lipinski definition) is 1. The van der Waals surface area contributed by atoms with Crippen LogP contribution in [0.3, 0.4) is 0 Å². The van der Waals surface area contributed by atoms with Crippen molar-refractivity contribution in [2.45, 2.75) is 53.9 Å². The molecule has 1 heterocycles. The highest BCUT2D eigenvalue weighted by Gasteiger charge is 2.22. The van der Waals surface area contributed by atoms with E-state index < -0.39 is 0 Å². The second-order valence-corrected chi connectivity index (χ2v) is 8.72. The van der Waals surface area contributed by atoms with E-state index >= 15 is 0 Å². The summed E-state index contributed by atoms with van der Waals surface area (Å²) in [6, 6.07) is 0. The van der Waals surface area contributed by atoms with Gasteiger partial charge in [0.2, 0.25) is 11.8 Å². The van der Waals surface area contributed by atoms with E-state index in [9.17, 15) is 9.59 Å². The number of anilines is 1. The van der Waals surface area contributed by atoms with Gasteiger partial charge in [-0.3, -0.25) is 9.59 Å². The van der Waals surface area contributed by atoms with Crippen LogP contribution in [0.4, 0.5) is 5.13 Å². The lowest BCUT2D eigenvalue weighted by molar-refractivity contribution is -0.135. The van der Waals surface area contributed by atoms with Gasteiger partial charge >= 0.3 is 0 Å². The van der Waals surface area contributed by atoms with E-state index in [1.54, 1.807) is 16.5 Å². The molecule has 1 aromatic heterocycles. The summed E-state index contributed by atoms with van der Waals surface area (Å²) in [5, 5.41) is 5.10. The highest BCUT2D eigenvalue weighted by molar-refractivity contribution is 7.13. The van der Waals surface area contributed by atoms with Gasteiger partial charge in [-0.15, -0.1) is 11.3 Å². The first kappa shape index (κ1) is 22.6. The van der Waals surface area contributed by atoms with Crippen LogP contribution in [0.5, 0.6) is 0 Å². The van der Waals surface area contributed by atoms with E-state index in [4.69, 9.17) is 4.74 Å². The second kappa shape index (κ2) is 11.3. The van der Waals surface area contributed by atoms with E-state index in [1.807, 2.05) is 6.92 Å². The Labute approximate surface area is 161 Å². The topological polar surface area (TPSA) is 71.5 Å². The van der Waals surface area contributed by atoms with Gasteiger partial charge in [0.05, 0.1) is 6.54 Å². The van der Waals surface area contributed by atoms with E-state index in [2.05, 4.69) is 38.0 Å². The lowest BCUT2D eigenvalue weighted by Gasteiger charge is -2.26. The smallest absolute Gasteiger partial charge is 0.245 e. The average molecular weight is 384 g/mol. The van der Waals surface area contributed by atoms with E-state index in [-0.39, 0.29) is 29.7 Å². The number of amides is 2. The third-order valence-electron chi connectivity index (χ3n) is 3.77. The van der Waals surface area contributed by atoms with Crippen molar-refractivity contribution >= 4 is 28.3 Å². The lowest BCUT2D eigenvalue weighted by Crippen LogP contribution is -2.39. The Morgan fingerprint density at radius 1 is 1.38 bits per heavy atom. The van der Waals surface area contributed by atoms with Crippen molar-refractivity contribution in [3.05, 3.63) is 11.6 Å². The van der Waals surface area contributed by atoms with Gasteiger partial charge in [0.1, 0.15) is 0 Å². The number of nitrogens with zero attached hydrogens (tertiary/aromatic N) is 2. The number of rotatable bonds is 11. The van der Waals surface area contributed by atoms with Gasteiger partial charge in [-0.25, -0.2) is 4.98 Å². The first-order valence-corrected chi connectivity index (χ1v) is 10.1. The van der Waals surface area contributed by atoms with Crippen molar-refractivity contribution in [1.29, 1.82) is 0 Å². The van der Waals surface area contributed by atoms with Crippen molar-refractivity contribution in [3.8, 4) is 0 Å². The van der Waals surface area contributed by atoms with Gasteiger partial charge in [0.25, 0.3) is 0 Å². The number of ether oxygens (including phenoxy) is 1. The summed E-state index contributed by atoms with van der Waals surface area (Å²) in [7, 11) is 0. The monoisotopic (exact) mass is 383 g/mol. The molecule has 0 saturated carbocycles. The summed E-state index contributed by atoms with van der Waals surface area (Å²) in [6.07, 6.45) is 3.78. The predicted molar refractivity (Wildman–Crippen MR) is 106 cm³/mol. The molecule has 1 rings (SSSR count). The molecule has 148 valence electrons. The van der Waals surface area contributed by atoms with Crippen LogP contribution in [-0.2, 0) is 14.3 Å². The molecule has 0 radical (unpaired) electrons. The molecule has 1 atom stereocenters. The van der Waals surface area contributed by atoms with E-state index in [0.717, 1.165) is 12.8 Å². The third-order valence-corrected chi connectivity index (χ3v) is 4.46. The summed E-state index contributed by atoms with van der Waals surface area (Å²) in [5.74, 6) is 0.0830. The summed E-state index contributed by atoms with van der Waals surface area (Å²) < 4.78 is 5.35. The molecular formula is C19H33N3O3S. The molecule has 0 aliphatic rings. The molecular weight excluding hydrogens is 350 g/mol. The number of carbonyl (C=O) groups is 2. The Hall–Kier alpha value is -1.47. The lowest BCUT2D eigenvalue weighted by atomic mass is 9.84. The molecule has 0 aromatic carbocycles. The zero-order chi connectivity index (χ0) is 19.6. The number of hydrogen-bond acceptors (Lipinski definition) is 5. The van der Waals surface area contributed by atoms with Crippen LogP contribution in [0.2, 0.25) is 0 Å². The Kier molecular flexibility index (Phi) is 9.80. The SMILES string of the molecule is CCOCCCN(CC(=O)Nc1nccs1)C(=O)C[C@@H](C)CC(C)(C)C. The fraction of sp³-hybridized carbons (Fsp3) is 0.737. The minimum Gasteiger partial charge on any atom is -0.382 e. The molecule has 1 aromatic rings. The Bertz CT molecular complexity index is 541. The number of aromatic nitrogens is 1. The van der Waals surface area contributed by atoms with Gasteiger partial charge in [-0.1, -0.05) is 27.7 Å². The quantitative estimate of drug-likeness (QED) is 0.590. The zero-order valence-corrected chi connectivity index (χ0v) is 17.5. The van der Waals surface area contributed by atoms with Crippen LogP contribution in [0.25, 0.3) is 0 Å². The molecule has 2 amide bonds. The maximum absolute atomic E-state index is 12.7. The second-order valence-electron chi connectivity index (χ2n) is 7.83. The van der Waals surface area contributed by atoms with Crippen LogP contribution in [0, 0.1) is 11.3 Å². The molecule has 6 nitrogen and oxygen atoms in total. The zero-order valence-electron chi connectivity index (χ0n) is 16.7. The third kappa shape index (κ3) is 9.87. The van der Waals surface area contributed by atoms with E-state index in [0.29, 0.717) is 31.3 Å². The van der Waals surface area contributed by atoms with Gasteiger partial charge in [0.15, 0.2) is 5.13 Å². The van der Waals surface area contributed by atoms with Gasteiger partial charge in [0, 0.05) is 37.8 Å². The van der Waals surface area contributed by atoms with Crippen molar-refractivity contribution in [2.75, 3.05) is 31.6 Å². The van der Waals surface area contributed by atoms with Gasteiger partial charge < -0.3 is 15.0 Å². The highest BCUT2D eigenvalue weighted by Crippen LogP contribution is 2.26. The fourth-order valence-corrected chi connectivity index (χ4v) is 3.50. The maximum Gasteiger partial charge on any atom is 0.245 e. The van der Waals surface area contributed by atoms with Crippen LogP contribution in [-0.4, -0.2) is 48.0 Å². The average Bonchev–Trinajstić information content (AvgIpc) is 3.01. The first-order valence-electron chi connectivity index (χ1n) is 9.26. The maximum atomic E-state index is 12.7. The molecule has 0 fully saturated rings. The normalized spacial score (nSPS) is 12.7. The molecule has 0 unspecified atom stereocenters. The fourth-order valence-electron chi connectivity index (χ4n) is 2.96. The number of nitrogens with one attached hydrogen (secondary N) is 1. The summed E-state index contributed by atoms with van der Waals surface area (Å²) in [5.41, 5.74) is 0.182. The summed E-state index contributed by atoms with van der Waals surface area (Å²) >= 11 is 1.36. The summed E-state index contributed by atoms with van der Waals surface area (Å²) in [4.78, 5) is 30.7. The largest absolute Gasteiger partial charge is 0.382 e. The Morgan fingerprint density at radius 3 is 2.69 bits per heavy atom.